The van der Waals surface area contributed by atoms with Crippen molar-refractivity contribution in [1.29, 1.82) is 0 Å². The van der Waals surface area contributed by atoms with E-state index in [1.807, 2.05) is 17.8 Å². The lowest BCUT2D eigenvalue weighted by atomic mass is 9.97. The Hall–Kier alpha value is -1.39. The molecule has 1 unspecified atom stereocenters. The summed E-state index contributed by atoms with van der Waals surface area (Å²) in [5, 5.41) is 5.88. The smallest absolute Gasteiger partial charge is 0.0843 e. The predicted molar refractivity (Wildman–Crippen MR) is 79.9 cm³/mol. The Kier molecular flexibility index (Phi) is 3.92. The van der Waals surface area contributed by atoms with Crippen LogP contribution in [-0.2, 0) is 13.6 Å². The first-order valence-electron chi connectivity index (χ1n) is 6.83. The standard InChI is InChI=1S/C15H24N4/c1-5-15(2,11-16)18(3)10-13-12-8-6-7-9-14(12)19(4)17-13/h6-9H,5,10-11,16H2,1-4H3. The molecule has 0 saturated carbocycles. The molecular formula is C15H24N4. The van der Waals surface area contributed by atoms with E-state index in [0.717, 1.165) is 18.7 Å². The van der Waals surface area contributed by atoms with E-state index in [2.05, 4.69) is 49.1 Å². The number of nitrogens with two attached hydrogens (primary N) is 1. The molecule has 0 saturated heterocycles. The van der Waals surface area contributed by atoms with Crippen LogP contribution in [0.3, 0.4) is 0 Å². The summed E-state index contributed by atoms with van der Waals surface area (Å²) >= 11 is 0. The van der Waals surface area contributed by atoms with Gasteiger partial charge in [-0.1, -0.05) is 25.1 Å². The minimum absolute atomic E-state index is 0.0264. The average molecular weight is 260 g/mol. The SMILES string of the molecule is CCC(C)(CN)N(C)Cc1nn(C)c2ccccc12. The Morgan fingerprint density at radius 1 is 1.37 bits per heavy atom. The zero-order valence-corrected chi connectivity index (χ0v) is 12.3. The van der Waals surface area contributed by atoms with Crippen LogP contribution in [0.25, 0.3) is 10.9 Å². The van der Waals surface area contributed by atoms with Crippen molar-refractivity contribution in [2.24, 2.45) is 12.8 Å². The molecule has 1 atom stereocenters. The van der Waals surface area contributed by atoms with Crippen molar-refractivity contribution in [2.45, 2.75) is 32.4 Å². The number of hydrogen-bond acceptors (Lipinski definition) is 3. The molecule has 19 heavy (non-hydrogen) atoms. The molecule has 0 spiro atoms. The van der Waals surface area contributed by atoms with E-state index in [0.29, 0.717) is 6.54 Å². The highest BCUT2D eigenvalue weighted by molar-refractivity contribution is 5.81. The van der Waals surface area contributed by atoms with Crippen LogP contribution in [-0.4, -0.2) is 33.8 Å². The lowest BCUT2D eigenvalue weighted by molar-refractivity contribution is 0.130. The third-order valence-corrected chi connectivity index (χ3v) is 4.34. The van der Waals surface area contributed by atoms with Gasteiger partial charge in [0.05, 0.1) is 11.2 Å². The second-order valence-corrected chi connectivity index (χ2v) is 5.50. The summed E-state index contributed by atoms with van der Waals surface area (Å²) in [5.74, 6) is 0. The summed E-state index contributed by atoms with van der Waals surface area (Å²) < 4.78 is 1.95. The van der Waals surface area contributed by atoms with Gasteiger partial charge >= 0.3 is 0 Å². The molecule has 0 aliphatic rings. The Labute approximate surface area is 115 Å². The summed E-state index contributed by atoms with van der Waals surface area (Å²) in [5.41, 5.74) is 8.25. The van der Waals surface area contributed by atoms with Gasteiger partial charge in [-0.2, -0.15) is 5.10 Å². The van der Waals surface area contributed by atoms with Crippen LogP contribution in [0, 0.1) is 0 Å². The molecule has 1 heterocycles. The first-order chi connectivity index (χ1) is 9.01. The molecule has 2 N–H and O–H groups in total. The lowest BCUT2D eigenvalue weighted by Gasteiger charge is -2.36. The number of hydrogen-bond donors (Lipinski definition) is 1. The molecule has 2 rings (SSSR count). The second-order valence-electron chi connectivity index (χ2n) is 5.50. The zero-order valence-electron chi connectivity index (χ0n) is 12.3. The van der Waals surface area contributed by atoms with Crippen LogP contribution in [0.5, 0.6) is 0 Å². The number of aromatic nitrogens is 2. The number of likely N-dealkylation sites (N-methyl/N-ethyl adjacent to an activating group) is 1. The molecular weight excluding hydrogens is 236 g/mol. The average Bonchev–Trinajstić information content (AvgIpc) is 2.75. The zero-order chi connectivity index (χ0) is 14.0. The predicted octanol–water partition coefficient (Wildman–Crippen LogP) is 2.13. The molecule has 0 aliphatic heterocycles. The number of rotatable bonds is 5. The van der Waals surface area contributed by atoms with Crippen molar-refractivity contribution in [1.82, 2.24) is 14.7 Å². The monoisotopic (exact) mass is 260 g/mol. The molecule has 0 bridgehead atoms. The number of fused-ring (bicyclic) bond motifs is 1. The van der Waals surface area contributed by atoms with Crippen LogP contribution in [0.15, 0.2) is 24.3 Å². The molecule has 1 aromatic carbocycles. The van der Waals surface area contributed by atoms with Gasteiger partial charge in [-0.05, 0) is 26.5 Å². The summed E-state index contributed by atoms with van der Waals surface area (Å²) in [7, 11) is 4.12. The van der Waals surface area contributed by atoms with E-state index in [-0.39, 0.29) is 5.54 Å². The molecule has 0 fully saturated rings. The van der Waals surface area contributed by atoms with Crippen molar-refractivity contribution >= 4 is 10.9 Å². The van der Waals surface area contributed by atoms with Crippen molar-refractivity contribution in [3.05, 3.63) is 30.0 Å². The van der Waals surface area contributed by atoms with E-state index in [9.17, 15) is 0 Å². The Morgan fingerprint density at radius 2 is 2.05 bits per heavy atom. The fourth-order valence-corrected chi connectivity index (χ4v) is 2.39. The second kappa shape index (κ2) is 5.31. The highest BCUT2D eigenvalue weighted by Gasteiger charge is 2.26. The molecule has 104 valence electrons. The minimum Gasteiger partial charge on any atom is -0.329 e. The summed E-state index contributed by atoms with van der Waals surface area (Å²) in [6.07, 6.45) is 1.03. The summed E-state index contributed by atoms with van der Waals surface area (Å²) in [6.45, 7) is 5.87. The van der Waals surface area contributed by atoms with Crippen molar-refractivity contribution < 1.29 is 0 Å². The third-order valence-electron chi connectivity index (χ3n) is 4.34. The van der Waals surface area contributed by atoms with Gasteiger partial charge in [-0.25, -0.2) is 0 Å². The Bertz CT molecular complexity index is 554. The Morgan fingerprint density at radius 3 is 2.68 bits per heavy atom. The number of aryl methyl sites for hydroxylation is 1. The van der Waals surface area contributed by atoms with E-state index in [4.69, 9.17) is 5.73 Å². The molecule has 0 amide bonds. The van der Waals surface area contributed by atoms with Gasteiger partial charge in [-0.15, -0.1) is 0 Å². The van der Waals surface area contributed by atoms with Gasteiger partial charge in [0.2, 0.25) is 0 Å². The largest absolute Gasteiger partial charge is 0.329 e. The highest BCUT2D eigenvalue weighted by Crippen LogP contribution is 2.23. The van der Waals surface area contributed by atoms with Crippen molar-refractivity contribution in [3.63, 3.8) is 0 Å². The van der Waals surface area contributed by atoms with Crippen molar-refractivity contribution in [2.75, 3.05) is 13.6 Å². The Balaban J connectivity index is 2.31. The van der Waals surface area contributed by atoms with Crippen LogP contribution in [0.1, 0.15) is 26.0 Å². The molecule has 0 aliphatic carbocycles. The van der Waals surface area contributed by atoms with E-state index in [1.54, 1.807) is 0 Å². The maximum absolute atomic E-state index is 5.92. The lowest BCUT2D eigenvalue weighted by Crippen LogP contribution is -2.48. The fraction of sp³-hybridized carbons (Fsp3) is 0.533. The van der Waals surface area contributed by atoms with E-state index in [1.165, 1.54) is 10.9 Å². The van der Waals surface area contributed by atoms with E-state index >= 15 is 0 Å². The molecule has 4 heteroatoms. The quantitative estimate of drug-likeness (QED) is 0.896. The van der Waals surface area contributed by atoms with Gasteiger partial charge < -0.3 is 5.73 Å². The van der Waals surface area contributed by atoms with Crippen LogP contribution < -0.4 is 5.73 Å². The number of nitrogens with zero attached hydrogens (tertiary/aromatic N) is 3. The van der Waals surface area contributed by atoms with Gasteiger partial charge in [0.15, 0.2) is 0 Å². The highest BCUT2D eigenvalue weighted by atomic mass is 15.3. The van der Waals surface area contributed by atoms with Gasteiger partial charge in [0.1, 0.15) is 0 Å². The maximum Gasteiger partial charge on any atom is 0.0843 e. The van der Waals surface area contributed by atoms with E-state index < -0.39 is 0 Å². The number of para-hydroxylation sites is 1. The maximum atomic E-state index is 5.92. The summed E-state index contributed by atoms with van der Waals surface area (Å²) in [6, 6.07) is 8.36. The molecule has 2 aromatic rings. The normalized spacial score (nSPS) is 15.1. The van der Waals surface area contributed by atoms with Crippen LogP contribution in [0.2, 0.25) is 0 Å². The molecule has 0 radical (unpaired) electrons. The first-order valence-corrected chi connectivity index (χ1v) is 6.83. The molecule has 4 nitrogen and oxygen atoms in total. The van der Waals surface area contributed by atoms with Gasteiger partial charge in [0.25, 0.3) is 0 Å². The number of benzene rings is 1. The topological polar surface area (TPSA) is 47.1 Å². The third kappa shape index (κ3) is 2.51. The first kappa shape index (κ1) is 14.0. The minimum atomic E-state index is 0.0264. The van der Waals surface area contributed by atoms with Gasteiger partial charge in [-0.3, -0.25) is 9.58 Å². The van der Waals surface area contributed by atoms with Crippen molar-refractivity contribution in [3.8, 4) is 0 Å². The summed E-state index contributed by atoms with van der Waals surface area (Å²) in [4.78, 5) is 2.31. The van der Waals surface area contributed by atoms with Crippen LogP contribution in [0.4, 0.5) is 0 Å². The molecule has 1 aromatic heterocycles. The van der Waals surface area contributed by atoms with Gasteiger partial charge in [0, 0.05) is 31.1 Å². The fourth-order valence-electron chi connectivity index (χ4n) is 2.39. The van der Waals surface area contributed by atoms with Crippen LogP contribution >= 0.6 is 0 Å².